The van der Waals surface area contributed by atoms with Gasteiger partial charge in [-0.25, -0.2) is 0 Å². The molecule has 1 rings (SSSR count). The Morgan fingerprint density at radius 2 is 0.917 bits per heavy atom. The van der Waals surface area contributed by atoms with E-state index in [2.05, 4.69) is 31.9 Å². The van der Waals surface area contributed by atoms with Gasteiger partial charge in [0.25, 0.3) is 0 Å². The van der Waals surface area contributed by atoms with Crippen molar-refractivity contribution in [3.63, 3.8) is 0 Å². The van der Waals surface area contributed by atoms with Gasteiger partial charge in [0.1, 0.15) is 0 Å². The van der Waals surface area contributed by atoms with Crippen LogP contribution in [0.15, 0.2) is 21.1 Å². The van der Waals surface area contributed by atoms with Crippen LogP contribution in [0.3, 0.4) is 0 Å². The lowest BCUT2D eigenvalue weighted by Gasteiger charge is -2.43. The summed E-state index contributed by atoms with van der Waals surface area (Å²) < 4.78 is 226. The van der Waals surface area contributed by atoms with E-state index in [9.17, 15) is 79.4 Å². The Balaban J connectivity index is 3.89. The molecule has 0 saturated carbocycles. The van der Waals surface area contributed by atoms with E-state index in [0.29, 0.717) is 13.0 Å². The highest BCUT2D eigenvalue weighted by molar-refractivity contribution is 9.11. The molecular weight excluding hydrogens is 691 g/mol. The summed E-state index contributed by atoms with van der Waals surface area (Å²) in [6, 6.07) is 0.383. The molecule has 0 saturated heterocycles. The number of ketones is 1. The fourth-order valence-corrected chi connectivity index (χ4v) is 3.62. The van der Waals surface area contributed by atoms with Crippen LogP contribution in [0.4, 0.5) is 74.6 Å². The molecule has 36 heavy (non-hydrogen) atoms. The molecule has 0 radical (unpaired) electrons. The molecule has 0 aliphatic carbocycles. The number of carbonyl (C=O) groups is 1. The monoisotopic (exact) mass is 694 g/mol. The highest BCUT2D eigenvalue weighted by atomic mass is 79.9. The molecule has 0 aliphatic heterocycles. The van der Waals surface area contributed by atoms with E-state index < -0.39 is 73.5 Å². The maximum atomic E-state index is 14.5. The minimum Gasteiger partial charge on any atom is -0.294 e. The second-order valence-corrected chi connectivity index (χ2v) is 8.60. The first-order chi connectivity index (χ1) is 15.5. The summed E-state index contributed by atoms with van der Waals surface area (Å²) in [4.78, 5) is 11.4. The van der Waals surface area contributed by atoms with Crippen molar-refractivity contribution in [1.29, 1.82) is 0 Å². The van der Waals surface area contributed by atoms with Crippen molar-refractivity contribution < 1.29 is 79.4 Å². The van der Waals surface area contributed by atoms with E-state index in [-0.39, 0.29) is 6.07 Å². The summed E-state index contributed by atoms with van der Waals surface area (Å²) in [5.41, 5.74) is -3.50. The Morgan fingerprint density at radius 3 is 1.25 bits per heavy atom. The lowest BCUT2D eigenvalue weighted by molar-refractivity contribution is -0.462. The van der Waals surface area contributed by atoms with Crippen LogP contribution < -0.4 is 0 Å². The third-order valence-electron chi connectivity index (χ3n) is 4.48. The van der Waals surface area contributed by atoms with E-state index in [4.69, 9.17) is 0 Å². The van der Waals surface area contributed by atoms with E-state index in [0.717, 1.165) is 0 Å². The number of Topliss-reactive ketones (excluding diaryl/α,β-unsaturated/α-hetero) is 1. The van der Waals surface area contributed by atoms with Crippen molar-refractivity contribution in [2.24, 2.45) is 0 Å². The topological polar surface area (TPSA) is 17.1 Å². The molecule has 1 aromatic carbocycles. The summed E-state index contributed by atoms with van der Waals surface area (Å²) >= 11 is 4.47. The van der Waals surface area contributed by atoms with E-state index in [1.807, 2.05) is 0 Å². The van der Waals surface area contributed by atoms with Gasteiger partial charge in [-0.3, -0.25) is 4.79 Å². The van der Waals surface area contributed by atoms with Gasteiger partial charge in [-0.15, -0.1) is 0 Å². The van der Waals surface area contributed by atoms with Crippen LogP contribution in [0.1, 0.15) is 22.8 Å². The normalized spacial score (nSPS) is 15.3. The number of alkyl halides is 17. The predicted octanol–water partition coefficient (Wildman–Crippen LogP) is 8.88. The number of halogens is 19. The Hall–Kier alpha value is -1.34. The molecule has 0 fully saturated rings. The second kappa shape index (κ2) is 8.86. The number of rotatable bonds is 8. The van der Waals surface area contributed by atoms with Crippen molar-refractivity contribution in [2.75, 3.05) is 0 Å². The molecule has 0 amide bonds. The molecule has 0 bridgehead atoms. The van der Waals surface area contributed by atoms with Crippen LogP contribution in [-0.2, 0) is 5.92 Å². The van der Waals surface area contributed by atoms with Gasteiger partial charge in [0.15, 0.2) is 5.78 Å². The van der Waals surface area contributed by atoms with Crippen LogP contribution in [0, 0.1) is 0 Å². The maximum absolute atomic E-state index is 14.5. The number of carbonyl (C=O) groups excluding carboxylic acids is 1. The number of benzene rings is 1. The minimum absolute atomic E-state index is 0.219. The smallest absolute Gasteiger partial charge is 0.294 e. The van der Waals surface area contributed by atoms with E-state index in [1.54, 1.807) is 0 Å². The molecule has 0 unspecified atom stereocenters. The van der Waals surface area contributed by atoms with Crippen molar-refractivity contribution in [1.82, 2.24) is 0 Å². The summed E-state index contributed by atoms with van der Waals surface area (Å²) in [6.07, 6.45) is -7.82. The first-order valence-electron chi connectivity index (χ1n) is 8.20. The molecule has 208 valence electrons. The molecular formula is C16H5Br2F17O. The molecule has 0 aromatic heterocycles. The standard InChI is InChI=1S/C16H5Br2F17O/c1-4(36)6-2-5(17)3-7(8(6)18)9(19,20)10(21,22)11(23,24)12(25,26)13(27,28)14(29,30)15(31,32)16(33,34)35/h2-3H,1H3. The molecule has 0 aliphatic rings. The first-order valence-corrected chi connectivity index (χ1v) is 9.79. The summed E-state index contributed by atoms with van der Waals surface area (Å²) in [7, 11) is 0. The molecule has 0 heterocycles. The number of hydrogen-bond acceptors (Lipinski definition) is 1. The van der Waals surface area contributed by atoms with E-state index in [1.165, 1.54) is 0 Å². The zero-order valence-electron chi connectivity index (χ0n) is 16.2. The fourth-order valence-electron chi connectivity index (χ4n) is 2.41. The highest BCUT2D eigenvalue weighted by Gasteiger charge is 2.95. The van der Waals surface area contributed by atoms with Gasteiger partial charge in [0.05, 0.1) is 0 Å². The Labute approximate surface area is 204 Å². The SMILES string of the molecule is CC(=O)c1cc(Br)cc(C(F)(F)C(F)(F)C(F)(F)C(F)(F)C(F)(F)C(F)(F)C(F)(F)C(F)(F)F)c1Br. The molecule has 20 heteroatoms. The van der Waals surface area contributed by atoms with Crippen LogP contribution in [0.5, 0.6) is 0 Å². The van der Waals surface area contributed by atoms with Gasteiger partial charge in [-0.2, -0.15) is 74.6 Å². The maximum Gasteiger partial charge on any atom is 0.460 e. The van der Waals surface area contributed by atoms with Crippen LogP contribution in [-0.4, -0.2) is 47.5 Å². The van der Waals surface area contributed by atoms with Crippen LogP contribution >= 0.6 is 31.9 Å². The van der Waals surface area contributed by atoms with E-state index >= 15 is 0 Å². The summed E-state index contributed by atoms with van der Waals surface area (Å²) in [5, 5.41) is 0. The fraction of sp³-hybridized carbons (Fsp3) is 0.562. The van der Waals surface area contributed by atoms with Gasteiger partial charge in [-0.05, 0) is 35.0 Å². The molecule has 0 spiro atoms. The first kappa shape index (κ1) is 32.7. The third kappa shape index (κ3) is 4.26. The lowest BCUT2D eigenvalue weighted by atomic mass is 9.87. The Kier molecular flexibility index (Phi) is 8.04. The third-order valence-corrected chi connectivity index (χ3v) is 5.79. The zero-order valence-corrected chi connectivity index (χ0v) is 19.4. The summed E-state index contributed by atoms with van der Waals surface area (Å²) in [6.45, 7) is 0.596. The quantitative estimate of drug-likeness (QED) is 0.196. The van der Waals surface area contributed by atoms with Crippen molar-refractivity contribution in [2.45, 2.75) is 54.6 Å². The van der Waals surface area contributed by atoms with Crippen molar-refractivity contribution in [3.05, 3.63) is 32.2 Å². The van der Waals surface area contributed by atoms with Crippen LogP contribution in [0.25, 0.3) is 0 Å². The average molecular weight is 696 g/mol. The second-order valence-electron chi connectivity index (χ2n) is 6.89. The van der Waals surface area contributed by atoms with Gasteiger partial charge >= 0.3 is 47.6 Å². The largest absolute Gasteiger partial charge is 0.460 e. The summed E-state index contributed by atoms with van der Waals surface area (Å²) in [5.74, 6) is -58.5. The van der Waals surface area contributed by atoms with Gasteiger partial charge in [0.2, 0.25) is 0 Å². The predicted molar refractivity (Wildman–Crippen MR) is 91.5 cm³/mol. The van der Waals surface area contributed by atoms with Gasteiger partial charge < -0.3 is 0 Å². The number of hydrogen-bond donors (Lipinski definition) is 0. The average Bonchev–Trinajstić information content (AvgIpc) is 2.67. The zero-order chi connectivity index (χ0) is 29.3. The molecule has 0 atom stereocenters. The van der Waals surface area contributed by atoms with Crippen molar-refractivity contribution in [3.8, 4) is 0 Å². The van der Waals surface area contributed by atoms with Crippen LogP contribution in [0.2, 0.25) is 0 Å². The minimum atomic E-state index is -8.71. The van der Waals surface area contributed by atoms with Gasteiger partial charge in [0, 0.05) is 20.1 Å². The lowest BCUT2D eigenvalue weighted by Crippen LogP contribution is -2.74. The molecule has 1 aromatic rings. The molecule has 0 N–H and O–H groups in total. The molecule has 1 nitrogen and oxygen atoms in total. The Bertz CT molecular complexity index is 1030. The highest BCUT2D eigenvalue weighted by Crippen LogP contribution is 2.65. The van der Waals surface area contributed by atoms with Gasteiger partial charge in [-0.1, -0.05) is 15.9 Å². The Morgan fingerprint density at radius 1 is 0.583 bits per heavy atom. The van der Waals surface area contributed by atoms with Crippen molar-refractivity contribution >= 4 is 37.6 Å².